The number of phenols is 1. The maximum Gasteiger partial charge on any atom is 0.274 e. The van der Waals surface area contributed by atoms with Gasteiger partial charge in [0.25, 0.3) is 10.2 Å². The number of rotatable bonds is 3. The highest BCUT2D eigenvalue weighted by Crippen LogP contribution is 2.19. The second-order valence-electron chi connectivity index (χ2n) is 2.75. The number of nitrogens with one attached hydrogen (secondary N) is 1. The lowest BCUT2D eigenvalue weighted by Crippen LogP contribution is -2.30. The van der Waals surface area contributed by atoms with Gasteiger partial charge in [-0.05, 0) is 18.2 Å². The van der Waals surface area contributed by atoms with E-state index in [0.29, 0.717) is 11.3 Å². The van der Waals surface area contributed by atoms with E-state index in [0.717, 1.165) is 0 Å². The molecule has 6 N–H and O–H groups in total. The molecule has 1 aromatic carbocycles. The zero-order chi connectivity index (χ0) is 10.8. The minimum absolute atomic E-state index is 0.0321. The Hall–Kier alpha value is -1.31. The summed E-state index contributed by atoms with van der Waals surface area (Å²) in [6.07, 6.45) is 0. The predicted octanol–water partition coefficient (Wildman–Crippen LogP) is -0.732. The molecule has 0 saturated heterocycles. The minimum atomic E-state index is -3.75. The van der Waals surface area contributed by atoms with Gasteiger partial charge in [0.05, 0.1) is 0 Å². The third-order valence-corrected chi connectivity index (χ3v) is 2.11. The van der Waals surface area contributed by atoms with E-state index in [1.807, 2.05) is 4.72 Å². The van der Waals surface area contributed by atoms with E-state index >= 15 is 0 Å². The average molecular weight is 217 g/mol. The van der Waals surface area contributed by atoms with E-state index in [2.05, 4.69) is 0 Å². The van der Waals surface area contributed by atoms with Crippen molar-refractivity contribution in [3.63, 3.8) is 0 Å². The van der Waals surface area contributed by atoms with E-state index in [9.17, 15) is 13.5 Å². The average Bonchev–Trinajstić information content (AvgIpc) is 2.05. The van der Waals surface area contributed by atoms with Gasteiger partial charge in [0.2, 0.25) is 0 Å². The van der Waals surface area contributed by atoms with Crippen LogP contribution in [-0.2, 0) is 16.8 Å². The molecule has 0 heterocycles. The molecule has 0 aliphatic carbocycles. The first kappa shape index (κ1) is 10.8. The van der Waals surface area contributed by atoms with Gasteiger partial charge in [0, 0.05) is 17.8 Å². The number of nitrogens with two attached hydrogens (primary N) is 2. The molecule has 6 nitrogen and oxygen atoms in total. The van der Waals surface area contributed by atoms with Gasteiger partial charge < -0.3 is 10.8 Å². The van der Waals surface area contributed by atoms with Crippen molar-refractivity contribution in [2.75, 3.05) is 5.73 Å². The van der Waals surface area contributed by atoms with Crippen molar-refractivity contribution in [2.45, 2.75) is 6.54 Å². The molecular formula is C7H11N3O3S. The Kier molecular flexibility index (Phi) is 2.94. The van der Waals surface area contributed by atoms with Crippen LogP contribution in [0.2, 0.25) is 0 Å². The largest absolute Gasteiger partial charge is 0.508 e. The summed E-state index contributed by atoms with van der Waals surface area (Å²) in [7, 11) is -3.75. The van der Waals surface area contributed by atoms with Crippen LogP contribution in [0.5, 0.6) is 5.75 Å². The lowest BCUT2D eigenvalue weighted by molar-refractivity contribution is 0.467. The number of hydrogen-bond donors (Lipinski definition) is 4. The van der Waals surface area contributed by atoms with Crippen molar-refractivity contribution in [3.05, 3.63) is 23.8 Å². The van der Waals surface area contributed by atoms with Crippen molar-refractivity contribution in [1.29, 1.82) is 0 Å². The van der Waals surface area contributed by atoms with Gasteiger partial charge in [-0.1, -0.05) is 0 Å². The van der Waals surface area contributed by atoms with Gasteiger partial charge in [0.15, 0.2) is 0 Å². The lowest BCUT2D eigenvalue weighted by atomic mass is 10.2. The van der Waals surface area contributed by atoms with Crippen LogP contribution in [0, 0.1) is 0 Å². The van der Waals surface area contributed by atoms with E-state index in [1.165, 1.54) is 18.2 Å². The normalized spacial score (nSPS) is 11.5. The molecule has 0 spiro atoms. The molecule has 0 aliphatic heterocycles. The molecule has 1 rings (SSSR count). The topological polar surface area (TPSA) is 118 Å². The van der Waals surface area contributed by atoms with Crippen LogP contribution >= 0.6 is 0 Å². The van der Waals surface area contributed by atoms with E-state index in [-0.39, 0.29) is 12.3 Å². The maximum absolute atomic E-state index is 10.6. The Morgan fingerprint density at radius 3 is 2.64 bits per heavy atom. The molecule has 0 aliphatic rings. The van der Waals surface area contributed by atoms with Crippen LogP contribution in [0.25, 0.3) is 0 Å². The van der Waals surface area contributed by atoms with Gasteiger partial charge in [-0.25, -0.2) is 5.14 Å². The summed E-state index contributed by atoms with van der Waals surface area (Å²) in [6, 6.07) is 4.36. The first-order valence-corrected chi connectivity index (χ1v) is 5.28. The first-order valence-electron chi connectivity index (χ1n) is 3.73. The molecule has 0 radical (unpaired) electrons. The first-order chi connectivity index (χ1) is 6.38. The highest BCUT2D eigenvalue weighted by molar-refractivity contribution is 7.87. The standard InChI is InChI=1S/C7H11N3O3S/c8-6-1-2-7(11)5(3-6)4-10-14(9,12)13/h1-3,10-11H,4,8H2,(H2,9,12,13). The smallest absolute Gasteiger partial charge is 0.274 e. The second kappa shape index (κ2) is 3.82. The number of anilines is 1. The summed E-state index contributed by atoms with van der Waals surface area (Å²) in [5.74, 6) is -0.0321. The monoisotopic (exact) mass is 217 g/mol. The number of aromatic hydroxyl groups is 1. The van der Waals surface area contributed by atoms with Crippen LogP contribution in [0.1, 0.15) is 5.56 Å². The number of phenolic OH excluding ortho intramolecular Hbond substituents is 1. The minimum Gasteiger partial charge on any atom is -0.508 e. The molecular weight excluding hydrogens is 206 g/mol. The second-order valence-corrected chi connectivity index (χ2v) is 4.13. The summed E-state index contributed by atoms with van der Waals surface area (Å²) in [5, 5.41) is 14.0. The fraction of sp³-hybridized carbons (Fsp3) is 0.143. The number of hydrogen-bond acceptors (Lipinski definition) is 4. The van der Waals surface area contributed by atoms with Crippen LogP contribution in [0.4, 0.5) is 5.69 Å². The molecule has 0 fully saturated rings. The van der Waals surface area contributed by atoms with Gasteiger partial charge in [-0.2, -0.15) is 13.1 Å². The quantitative estimate of drug-likeness (QED) is 0.394. The highest BCUT2D eigenvalue weighted by Gasteiger charge is 2.05. The summed E-state index contributed by atoms with van der Waals surface area (Å²) in [4.78, 5) is 0. The molecule has 1 aromatic rings. The van der Waals surface area contributed by atoms with Gasteiger partial charge in [-0.3, -0.25) is 0 Å². The summed E-state index contributed by atoms with van der Waals surface area (Å²) >= 11 is 0. The van der Waals surface area contributed by atoms with Crippen molar-refractivity contribution in [2.24, 2.45) is 5.14 Å². The Morgan fingerprint density at radius 2 is 2.07 bits per heavy atom. The van der Waals surface area contributed by atoms with Gasteiger partial charge in [-0.15, -0.1) is 0 Å². The number of benzene rings is 1. The molecule has 78 valence electrons. The van der Waals surface area contributed by atoms with Crippen molar-refractivity contribution >= 4 is 15.9 Å². The highest BCUT2D eigenvalue weighted by atomic mass is 32.2. The summed E-state index contributed by atoms with van der Waals surface area (Å²) < 4.78 is 23.1. The van der Waals surface area contributed by atoms with Gasteiger partial charge >= 0.3 is 0 Å². The zero-order valence-electron chi connectivity index (χ0n) is 7.27. The molecule has 0 saturated carbocycles. The van der Waals surface area contributed by atoms with E-state index in [1.54, 1.807) is 0 Å². The van der Waals surface area contributed by atoms with Crippen LogP contribution in [-0.4, -0.2) is 13.5 Å². The molecule has 14 heavy (non-hydrogen) atoms. The number of nitrogen functional groups attached to an aromatic ring is 1. The van der Waals surface area contributed by atoms with Gasteiger partial charge in [0.1, 0.15) is 5.75 Å². The van der Waals surface area contributed by atoms with Crippen molar-refractivity contribution < 1.29 is 13.5 Å². The SMILES string of the molecule is Nc1ccc(O)c(CNS(N)(=O)=O)c1. The van der Waals surface area contributed by atoms with E-state index in [4.69, 9.17) is 10.9 Å². The van der Waals surface area contributed by atoms with Crippen LogP contribution in [0.15, 0.2) is 18.2 Å². The van der Waals surface area contributed by atoms with Crippen molar-refractivity contribution in [3.8, 4) is 5.75 Å². The molecule has 7 heteroatoms. The third-order valence-electron chi connectivity index (χ3n) is 1.57. The fourth-order valence-corrected chi connectivity index (χ4v) is 1.28. The summed E-state index contributed by atoms with van der Waals surface area (Å²) in [5.41, 5.74) is 6.26. The molecule has 0 aromatic heterocycles. The van der Waals surface area contributed by atoms with Crippen LogP contribution < -0.4 is 15.6 Å². The Morgan fingerprint density at radius 1 is 1.43 bits per heavy atom. The lowest BCUT2D eigenvalue weighted by Gasteiger charge is -2.05. The zero-order valence-corrected chi connectivity index (χ0v) is 8.08. The van der Waals surface area contributed by atoms with E-state index < -0.39 is 10.2 Å². The molecule has 0 unspecified atom stereocenters. The predicted molar refractivity (Wildman–Crippen MR) is 52.5 cm³/mol. The summed E-state index contributed by atoms with van der Waals surface area (Å²) in [6.45, 7) is -0.0876. The molecule has 0 bridgehead atoms. The Bertz CT molecular complexity index is 430. The van der Waals surface area contributed by atoms with Crippen molar-refractivity contribution in [1.82, 2.24) is 4.72 Å². The maximum atomic E-state index is 10.6. The molecule has 0 amide bonds. The van der Waals surface area contributed by atoms with Crippen LogP contribution in [0.3, 0.4) is 0 Å². The Labute approximate surface area is 81.7 Å². The third kappa shape index (κ3) is 3.21. The Balaban J connectivity index is 2.81. The molecule has 0 atom stereocenters. The fourth-order valence-electron chi connectivity index (χ4n) is 0.925.